The highest BCUT2D eigenvalue weighted by Crippen LogP contribution is 2.39. The van der Waals surface area contributed by atoms with Gasteiger partial charge in [-0.2, -0.15) is 4.31 Å². The summed E-state index contributed by atoms with van der Waals surface area (Å²) in [6.07, 6.45) is 2.69. The molecule has 0 spiro atoms. The number of anilines is 1. The van der Waals surface area contributed by atoms with Crippen LogP contribution in [-0.4, -0.2) is 59.7 Å². The molecule has 0 radical (unpaired) electrons. The Morgan fingerprint density at radius 3 is 2.12 bits per heavy atom. The maximum absolute atomic E-state index is 13.1. The lowest BCUT2D eigenvalue weighted by atomic mass is 10.1. The fourth-order valence-corrected chi connectivity index (χ4v) is 5.25. The fraction of sp³-hybridized carbons (Fsp3) is 0.435. The van der Waals surface area contributed by atoms with Crippen molar-refractivity contribution in [2.75, 3.05) is 46.3 Å². The first-order valence-electron chi connectivity index (χ1n) is 10.7. The highest BCUT2D eigenvalue weighted by atomic mass is 32.2. The lowest BCUT2D eigenvalue weighted by Gasteiger charge is -2.26. The molecule has 0 aromatic heterocycles. The number of carbonyl (C=O) groups is 1. The van der Waals surface area contributed by atoms with Gasteiger partial charge < -0.3 is 24.3 Å². The van der Waals surface area contributed by atoms with E-state index in [1.54, 1.807) is 6.07 Å². The lowest BCUT2D eigenvalue weighted by Crippen LogP contribution is -2.35. The van der Waals surface area contributed by atoms with E-state index in [2.05, 4.69) is 5.32 Å². The van der Waals surface area contributed by atoms with E-state index in [1.165, 1.54) is 49.9 Å². The molecule has 0 unspecified atom stereocenters. The number of nitrogens with zero attached hydrogens (tertiary/aromatic N) is 1. The Morgan fingerprint density at radius 1 is 0.939 bits per heavy atom. The normalized spacial score (nSPS) is 14.4. The Hall–Kier alpha value is -2.98. The van der Waals surface area contributed by atoms with E-state index in [0.29, 0.717) is 42.7 Å². The Morgan fingerprint density at radius 2 is 1.58 bits per heavy atom. The largest absolute Gasteiger partial charge is 0.493 e. The highest BCUT2D eigenvalue weighted by Gasteiger charge is 2.27. The predicted molar refractivity (Wildman–Crippen MR) is 124 cm³/mol. The van der Waals surface area contributed by atoms with Gasteiger partial charge in [-0.25, -0.2) is 8.42 Å². The number of sulfonamides is 1. The summed E-state index contributed by atoms with van der Waals surface area (Å²) in [7, 11) is 0.717. The second-order valence-corrected chi connectivity index (χ2v) is 9.36. The zero-order valence-electron chi connectivity index (χ0n) is 19.3. The van der Waals surface area contributed by atoms with E-state index in [-0.39, 0.29) is 16.1 Å². The van der Waals surface area contributed by atoms with Gasteiger partial charge in [0.1, 0.15) is 5.75 Å². The van der Waals surface area contributed by atoms with Crippen molar-refractivity contribution in [2.24, 2.45) is 0 Å². The Bertz CT molecular complexity index is 1070. The molecule has 1 fully saturated rings. The Balaban J connectivity index is 1.96. The summed E-state index contributed by atoms with van der Waals surface area (Å²) >= 11 is 0. The van der Waals surface area contributed by atoms with Crippen LogP contribution in [-0.2, 0) is 10.0 Å². The minimum Gasteiger partial charge on any atom is -0.493 e. The summed E-state index contributed by atoms with van der Waals surface area (Å²) in [5, 5.41) is 2.77. The quantitative estimate of drug-likeness (QED) is 0.588. The molecule has 0 atom stereocenters. The van der Waals surface area contributed by atoms with Crippen molar-refractivity contribution in [1.29, 1.82) is 0 Å². The molecule has 2 aromatic rings. The summed E-state index contributed by atoms with van der Waals surface area (Å²) < 4.78 is 49.3. The molecule has 10 heteroatoms. The number of rotatable bonds is 9. The van der Waals surface area contributed by atoms with Crippen molar-refractivity contribution >= 4 is 21.6 Å². The van der Waals surface area contributed by atoms with E-state index in [1.807, 2.05) is 6.92 Å². The van der Waals surface area contributed by atoms with Gasteiger partial charge in [0, 0.05) is 18.7 Å². The van der Waals surface area contributed by atoms with Gasteiger partial charge in [0.2, 0.25) is 15.8 Å². The first-order valence-corrected chi connectivity index (χ1v) is 12.2. The van der Waals surface area contributed by atoms with Crippen molar-refractivity contribution in [3.05, 3.63) is 35.9 Å². The van der Waals surface area contributed by atoms with Gasteiger partial charge in [0.25, 0.3) is 5.91 Å². The zero-order chi connectivity index (χ0) is 24.0. The molecule has 180 valence electrons. The van der Waals surface area contributed by atoms with Gasteiger partial charge in [-0.05, 0) is 50.1 Å². The molecule has 1 heterocycles. The topological polar surface area (TPSA) is 103 Å². The van der Waals surface area contributed by atoms with Gasteiger partial charge in [-0.3, -0.25) is 4.79 Å². The maximum Gasteiger partial charge on any atom is 0.256 e. The molecule has 1 N–H and O–H groups in total. The standard InChI is InChI=1S/C23H30N2O7S/c1-5-32-19-10-9-17(33(27,28)25-11-7-6-8-12-25)15-18(19)24-23(26)16-13-20(29-2)22(31-4)21(14-16)30-3/h9-10,13-15H,5-8,11-12H2,1-4H3,(H,24,26). The Labute approximate surface area is 194 Å². The third-order valence-corrected chi connectivity index (χ3v) is 7.27. The van der Waals surface area contributed by atoms with Gasteiger partial charge in [0.15, 0.2) is 11.5 Å². The summed E-state index contributed by atoms with van der Waals surface area (Å²) in [5.74, 6) is 0.904. The lowest BCUT2D eigenvalue weighted by molar-refractivity contribution is 0.102. The molecule has 2 aromatic carbocycles. The minimum atomic E-state index is -3.68. The van der Waals surface area contributed by atoms with Crippen molar-refractivity contribution in [3.8, 4) is 23.0 Å². The predicted octanol–water partition coefficient (Wildman–Crippen LogP) is 3.54. The summed E-state index contributed by atoms with van der Waals surface area (Å²) in [6.45, 7) is 3.14. The third-order valence-electron chi connectivity index (χ3n) is 5.38. The third kappa shape index (κ3) is 5.33. The molecule has 3 rings (SSSR count). The second kappa shape index (κ2) is 10.8. The number of ether oxygens (including phenoxy) is 4. The van der Waals surface area contributed by atoms with E-state index < -0.39 is 15.9 Å². The summed E-state index contributed by atoms with van der Waals surface area (Å²) in [6, 6.07) is 7.54. The van der Waals surface area contributed by atoms with Gasteiger partial charge in [-0.1, -0.05) is 6.42 Å². The monoisotopic (exact) mass is 478 g/mol. The van der Waals surface area contributed by atoms with E-state index in [0.717, 1.165) is 19.3 Å². The van der Waals surface area contributed by atoms with Crippen molar-refractivity contribution < 1.29 is 32.2 Å². The number of methoxy groups -OCH3 is 3. The van der Waals surface area contributed by atoms with E-state index in [9.17, 15) is 13.2 Å². The van der Waals surface area contributed by atoms with Crippen LogP contribution < -0.4 is 24.3 Å². The van der Waals surface area contributed by atoms with Crippen LogP contribution in [0.2, 0.25) is 0 Å². The molecular formula is C23H30N2O7S. The van der Waals surface area contributed by atoms with Crippen molar-refractivity contribution in [3.63, 3.8) is 0 Å². The van der Waals surface area contributed by atoms with Crippen LogP contribution in [0.5, 0.6) is 23.0 Å². The van der Waals surface area contributed by atoms with Crippen LogP contribution in [0.25, 0.3) is 0 Å². The molecule has 1 aliphatic heterocycles. The minimum absolute atomic E-state index is 0.105. The summed E-state index contributed by atoms with van der Waals surface area (Å²) in [5.41, 5.74) is 0.505. The maximum atomic E-state index is 13.1. The molecule has 1 amide bonds. The molecule has 9 nitrogen and oxygen atoms in total. The first-order chi connectivity index (χ1) is 15.8. The number of nitrogens with one attached hydrogen (secondary N) is 1. The molecular weight excluding hydrogens is 448 g/mol. The zero-order valence-corrected chi connectivity index (χ0v) is 20.2. The highest BCUT2D eigenvalue weighted by molar-refractivity contribution is 7.89. The van der Waals surface area contributed by atoms with Crippen molar-refractivity contribution in [1.82, 2.24) is 4.31 Å². The molecule has 0 saturated carbocycles. The van der Waals surface area contributed by atoms with Crippen LogP contribution in [0.1, 0.15) is 36.5 Å². The van der Waals surface area contributed by atoms with Crippen LogP contribution in [0.15, 0.2) is 35.2 Å². The SMILES string of the molecule is CCOc1ccc(S(=O)(=O)N2CCCCC2)cc1NC(=O)c1cc(OC)c(OC)c(OC)c1. The van der Waals surface area contributed by atoms with Crippen LogP contribution in [0.4, 0.5) is 5.69 Å². The fourth-order valence-electron chi connectivity index (χ4n) is 3.71. The Kier molecular flexibility index (Phi) is 8.04. The number of hydrogen-bond acceptors (Lipinski definition) is 7. The molecule has 0 aliphatic carbocycles. The molecule has 1 aliphatic rings. The van der Waals surface area contributed by atoms with Gasteiger partial charge >= 0.3 is 0 Å². The number of amides is 1. The van der Waals surface area contributed by atoms with Crippen LogP contribution >= 0.6 is 0 Å². The van der Waals surface area contributed by atoms with Crippen LogP contribution in [0, 0.1) is 0 Å². The number of carbonyl (C=O) groups excluding carboxylic acids is 1. The second-order valence-electron chi connectivity index (χ2n) is 7.42. The molecule has 1 saturated heterocycles. The number of piperidine rings is 1. The van der Waals surface area contributed by atoms with E-state index in [4.69, 9.17) is 18.9 Å². The average molecular weight is 479 g/mol. The van der Waals surface area contributed by atoms with Crippen molar-refractivity contribution in [2.45, 2.75) is 31.1 Å². The molecule has 0 bridgehead atoms. The smallest absolute Gasteiger partial charge is 0.256 e. The number of benzene rings is 2. The molecule has 33 heavy (non-hydrogen) atoms. The van der Waals surface area contributed by atoms with E-state index >= 15 is 0 Å². The van der Waals surface area contributed by atoms with Gasteiger partial charge in [0.05, 0.1) is 38.5 Å². The average Bonchev–Trinajstić information content (AvgIpc) is 2.84. The van der Waals surface area contributed by atoms with Crippen LogP contribution in [0.3, 0.4) is 0 Å². The first kappa shape index (κ1) is 24.7. The summed E-state index contributed by atoms with van der Waals surface area (Å²) in [4.78, 5) is 13.2. The van der Waals surface area contributed by atoms with Gasteiger partial charge in [-0.15, -0.1) is 0 Å². The number of hydrogen-bond donors (Lipinski definition) is 1.